The highest BCUT2D eigenvalue weighted by atomic mass is 32.2. The molecule has 12 heteroatoms. The number of sulfone groups is 1. The molecule has 1 aromatic rings. The standard InChI is InChI=1S/C22H26F3N3O5S/c23-22(24,25)34(31,32)16-3-1-2-14(7-16)6-15-8-21(9-15)12-28(13-21)20(30)27-5-4-18-17(10-27)26-19(29)11-33-18/h1-3,7,15,17-18H,4-6,8-13H2,(H,26,29)/t17-,18+/m1/s1. The second kappa shape index (κ2) is 8.11. The molecular formula is C22H26F3N3O5S. The van der Waals surface area contributed by atoms with Crippen LogP contribution in [0.2, 0.25) is 0 Å². The molecule has 4 fully saturated rings. The monoisotopic (exact) mass is 501 g/mol. The van der Waals surface area contributed by atoms with E-state index in [0.29, 0.717) is 44.6 Å². The van der Waals surface area contributed by atoms with Crippen LogP contribution >= 0.6 is 0 Å². The van der Waals surface area contributed by atoms with E-state index in [9.17, 15) is 31.2 Å². The van der Waals surface area contributed by atoms with Gasteiger partial charge in [-0.2, -0.15) is 13.2 Å². The Bertz CT molecular complexity index is 1100. The molecule has 186 valence electrons. The average molecular weight is 502 g/mol. The van der Waals surface area contributed by atoms with Gasteiger partial charge in [0.05, 0.1) is 17.0 Å². The third-order valence-electron chi connectivity index (χ3n) is 7.40. The number of ether oxygens (including phenoxy) is 1. The van der Waals surface area contributed by atoms with E-state index in [2.05, 4.69) is 5.32 Å². The molecule has 1 N–H and O–H groups in total. The Hall–Kier alpha value is -2.34. The van der Waals surface area contributed by atoms with Crippen molar-refractivity contribution in [1.82, 2.24) is 15.1 Å². The SMILES string of the molecule is O=C1CO[C@H]2CCN(C(=O)N3CC4(CC(Cc5cccc(S(=O)(=O)C(F)(F)F)c5)C4)C3)C[C@H]2N1. The number of urea groups is 1. The first-order valence-corrected chi connectivity index (χ1v) is 12.8. The Balaban J connectivity index is 1.11. The number of amides is 3. The van der Waals surface area contributed by atoms with Crippen LogP contribution in [0.15, 0.2) is 29.2 Å². The lowest BCUT2D eigenvalue weighted by Gasteiger charge is -2.60. The number of morpholine rings is 1. The topological polar surface area (TPSA) is 96.0 Å². The van der Waals surface area contributed by atoms with Crippen LogP contribution in [0.1, 0.15) is 24.8 Å². The summed E-state index contributed by atoms with van der Waals surface area (Å²) < 4.78 is 67.4. The minimum Gasteiger partial charge on any atom is -0.366 e. The minimum atomic E-state index is -5.36. The van der Waals surface area contributed by atoms with Gasteiger partial charge in [-0.25, -0.2) is 13.2 Å². The van der Waals surface area contributed by atoms with Gasteiger partial charge in [-0.15, -0.1) is 0 Å². The number of benzene rings is 1. The van der Waals surface area contributed by atoms with Crippen molar-refractivity contribution < 1.29 is 35.9 Å². The van der Waals surface area contributed by atoms with E-state index in [1.807, 2.05) is 0 Å². The number of nitrogens with zero attached hydrogens (tertiary/aromatic N) is 2. The summed E-state index contributed by atoms with van der Waals surface area (Å²) >= 11 is 0. The van der Waals surface area contributed by atoms with Crippen molar-refractivity contribution in [1.29, 1.82) is 0 Å². The van der Waals surface area contributed by atoms with Crippen LogP contribution in [-0.2, 0) is 25.8 Å². The van der Waals surface area contributed by atoms with Crippen LogP contribution < -0.4 is 5.32 Å². The summed E-state index contributed by atoms with van der Waals surface area (Å²) in [6, 6.07) is 4.85. The van der Waals surface area contributed by atoms with E-state index in [4.69, 9.17) is 4.74 Å². The Morgan fingerprint density at radius 2 is 1.94 bits per heavy atom. The molecule has 34 heavy (non-hydrogen) atoms. The fourth-order valence-corrected chi connectivity index (χ4v) is 6.68. The fraction of sp³-hybridized carbons (Fsp3) is 0.636. The van der Waals surface area contributed by atoms with Gasteiger partial charge < -0.3 is 19.9 Å². The molecule has 1 saturated carbocycles. The molecular weight excluding hydrogens is 475 g/mol. The molecule has 8 nitrogen and oxygen atoms in total. The van der Waals surface area contributed by atoms with Gasteiger partial charge in [0, 0.05) is 31.6 Å². The minimum absolute atomic E-state index is 0.0382. The van der Waals surface area contributed by atoms with Gasteiger partial charge in [0.1, 0.15) is 6.61 Å². The van der Waals surface area contributed by atoms with Crippen LogP contribution in [-0.4, -0.2) is 80.6 Å². The summed E-state index contributed by atoms with van der Waals surface area (Å²) in [6.45, 7) is 2.35. The predicted octanol–water partition coefficient (Wildman–Crippen LogP) is 1.94. The van der Waals surface area contributed by atoms with E-state index in [-0.39, 0.29) is 42.0 Å². The molecule has 0 bridgehead atoms. The maximum atomic E-state index is 12.9. The number of hydrogen-bond acceptors (Lipinski definition) is 5. The Kier molecular flexibility index (Phi) is 5.58. The molecule has 5 rings (SSSR count). The molecule has 3 amide bonds. The lowest BCUT2D eigenvalue weighted by atomic mass is 9.56. The summed E-state index contributed by atoms with van der Waals surface area (Å²) in [4.78, 5) is 27.3. The number of carbonyl (C=O) groups excluding carboxylic acids is 2. The summed E-state index contributed by atoms with van der Waals surface area (Å²) in [5.41, 5.74) is -4.72. The van der Waals surface area contributed by atoms with Crippen molar-refractivity contribution in [2.75, 3.05) is 32.8 Å². The Labute approximate surface area is 195 Å². The second-order valence-corrected chi connectivity index (χ2v) is 11.9. The number of fused-ring (bicyclic) bond motifs is 1. The van der Waals surface area contributed by atoms with E-state index >= 15 is 0 Å². The first kappa shape index (κ1) is 23.4. The number of nitrogens with one attached hydrogen (secondary N) is 1. The highest BCUT2D eigenvalue weighted by molar-refractivity contribution is 7.92. The number of carbonyl (C=O) groups is 2. The van der Waals surface area contributed by atoms with Crippen molar-refractivity contribution >= 4 is 21.8 Å². The lowest BCUT2D eigenvalue weighted by Crippen LogP contribution is -2.68. The molecule has 3 saturated heterocycles. The van der Waals surface area contributed by atoms with Crippen molar-refractivity contribution in [3.8, 4) is 0 Å². The van der Waals surface area contributed by atoms with Crippen LogP contribution in [0.3, 0.4) is 0 Å². The fourth-order valence-electron chi connectivity index (χ4n) is 5.85. The third-order valence-corrected chi connectivity index (χ3v) is 8.88. The second-order valence-electron chi connectivity index (χ2n) is 9.97. The average Bonchev–Trinajstić information content (AvgIpc) is 2.73. The normalized spacial score (nSPS) is 27.0. The molecule has 0 unspecified atom stereocenters. The maximum absolute atomic E-state index is 12.9. The lowest BCUT2D eigenvalue weighted by molar-refractivity contribution is -0.140. The number of likely N-dealkylation sites (tertiary alicyclic amines) is 2. The maximum Gasteiger partial charge on any atom is 0.501 e. The Morgan fingerprint density at radius 3 is 2.65 bits per heavy atom. The number of halogens is 3. The molecule has 3 heterocycles. The zero-order valence-corrected chi connectivity index (χ0v) is 19.2. The van der Waals surface area contributed by atoms with Gasteiger partial charge in [0.15, 0.2) is 0 Å². The van der Waals surface area contributed by atoms with E-state index in [0.717, 1.165) is 25.0 Å². The summed E-state index contributed by atoms with van der Waals surface area (Å²) in [7, 11) is -5.36. The van der Waals surface area contributed by atoms with E-state index in [1.54, 1.807) is 15.9 Å². The smallest absolute Gasteiger partial charge is 0.366 e. The number of alkyl halides is 3. The molecule has 1 aliphatic carbocycles. The molecule has 0 aromatic heterocycles. The molecule has 3 aliphatic heterocycles. The van der Waals surface area contributed by atoms with Crippen molar-refractivity contribution in [2.45, 2.75) is 48.2 Å². The van der Waals surface area contributed by atoms with Crippen LogP contribution in [0, 0.1) is 11.3 Å². The molecule has 4 aliphatic rings. The zero-order valence-electron chi connectivity index (χ0n) is 18.4. The van der Waals surface area contributed by atoms with E-state index < -0.39 is 20.2 Å². The van der Waals surface area contributed by atoms with Crippen molar-refractivity contribution in [3.05, 3.63) is 29.8 Å². The number of piperidine rings is 1. The van der Waals surface area contributed by atoms with Gasteiger partial charge in [0.2, 0.25) is 5.91 Å². The molecule has 1 aromatic carbocycles. The van der Waals surface area contributed by atoms with E-state index in [1.165, 1.54) is 6.07 Å². The van der Waals surface area contributed by atoms with Crippen molar-refractivity contribution in [2.24, 2.45) is 11.3 Å². The van der Waals surface area contributed by atoms with Crippen LogP contribution in [0.5, 0.6) is 0 Å². The molecule has 2 atom stereocenters. The quantitative estimate of drug-likeness (QED) is 0.683. The first-order valence-electron chi connectivity index (χ1n) is 11.3. The summed E-state index contributed by atoms with van der Waals surface area (Å²) in [6.07, 6.45) is 2.83. The highest BCUT2D eigenvalue weighted by Crippen LogP contribution is 2.53. The molecule has 1 spiro atoms. The van der Waals surface area contributed by atoms with Gasteiger partial charge >= 0.3 is 11.5 Å². The van der Waals surface area contributed by atoms with Gasteiger partial charge in [0.25, 0.3) is 9.84 Å². The third kappa shape index (κ3) is 4.15. The highest BCUT2D eigenvalue weighted by Gasteiger charge is 2.54. The largest absolute Gasteiger partial charge is 0.501 e. The molecule has 0 radical (unpaired) electrons. The van der Waals surface area contributed by atoms with Gasteiger partial charge in [-0.3, -0.25) is 4.79 Å². The van der Waals surface area contributed by atoms with Crippen molar-refractivity contribution in [3.63, 3.8) is 0 Å². The van der Waals surface area contributed by atoms with Crippen LogP contribution in [0.25, 0.3) is 0 Å². The number of rotatable bonds is 3. The van der Waals surface area contributed by atoms with Crippen LogP contribution in [0.4, 0.5) is 18.0 Å². The first-order chi connectivity index (χ1) is 16.0. The number of hydrogen-bond donors (Lipinski definition) is 1. The summed E-state index contributed by atoms with van der Waals surface area (Å²) in [5.74, 6) is 0.0759. The van der Waals surface area contributed by atoms with Gasteiger partial charge in [-0.05, 0) is 49.3 Å². The predicted molar refractivity (Wildman–Crippen MR) is 113 cm³/mol. The Morgan fingerprint density at radius 1 is 1.21 bits per heavy atom. The zero-order chi connectivity index (χ0) is 24.3. The van der Waals surface area contributed by atoms with Gasteiger partial charge in [-0.1, -0.05) is 12.1 Å². The summed E-state index contributed by atoms with van der Waals surface area (Å²) in [5, 5.41) is 2.89.